The number of carbonyl (C=O) groups is 1. The highest BCUT2D eigenvalue weighted by Gasteiger charge is 2.36. The van der Waals surface area contributed by atoms with Crippen molar-refractivity contribution >= 4 is 16.8 Å². The number of rotatable bonds is 4. The Morgan fingerprint density at radius 3 is 2.58 bits per heavy atom. The zero-order chi connectivity index (χ0) is 24.1. The third kappa shape index (κ3) is 4.41. The van der Waals surface area contributed by atoms with Crippen LogP contribution in [0.1, 0.15) is 68.2 Å². The molecule has 0 aromatic carbocycles. The van der Waals surface area contributed by atoms with Gasteiger partial charge in [-0.3, -0.25) is 19.3 Å². The third-order valence-corrected chi connectivity index (χ3v) is 6.40. The molecule has 0 spiro atoms. The van der Waals surface area contributed by atoms with Gasteiger partial charge < -0.3 is 10.7 Å². The summed E-state index contributed by atoms with van der Waals surface area (Å²) in [6, 6.07) is 3.05. The van der Waals surface area contributed by atoms with Crippen molar-refractivity contribution in [2.24, 2.45) is 11.7 Å². The summed E-state index contributed by atoms with van der Waals surface area (Å²) in [6.45, 7) is 8.63. The minimum atomic E-state index is -2.59. The van der Waals surface area contributed by atoms with Crippen molar-refractivity contribution in [1.29, 1.82) is 0 Å². The maximum absolute atomic E-state index is 13.7. The molecule has 1 aliphatic rings. The zero-order valence-corrected chi connectivity index (χ0v) is 19.3. The van der Waals surface area contributed by atoms with Crippen LogP contribution >= 0.6 is 0 Å². The molecule has 33 heavy (non-hydrogen) atoms. The SMILES string of the molecule is Cc1c(C(C)(C)C)nn(CC2CCC(F)(F)CC2)c1-c1cc(=O)c2c(C(N)=O)nccc2[nH]1. The molecule has 4 rings (SSSR count). The van der Waals surface area contributed by atoms with E-state index in [9.17, 15) is 18.4 Å². The molecule has 3 aromatic rings. The number of hydrogen-bond acceptors (Lipinski definition) is 4. The van der Waals surface area contributed by atoms with Crippen LogP contribution in [0.4, 0.5) is 8.78 Å². The van der Waals surface area contributed by atoms with Gasteiger partial charge >= 0.3 is 0 Å². The third-order valence-electron chi connectivity index (χ3n) is 6.40. The molecule has 0 aliphatic heterocycles. The van der Waals surface area contributed by atoms with Crippen molar-refractivity contribution in [3.05, 3.63) is 45.5 Å². The van der Waals surface area contributed by atoms with Crippen LogP contribution in [0.2, 0.25) is 0 Å². The normalized spacial score (nSPS) is 16.9. The van der Waals surface area contributed by atoms with Crippen LogP contribution in [0.3, 0.4) is 0 Å². The Kier molecular flexibility index (Phi) is 5.62. The molecule has 1 aliphatic carbocycles. The maximum atomic E-state index is 13.7. The average molecular weight is 458 g/mol. The van der Waals surface area contributed by atoms with Gasteiger partial charge in [-0.2, -0.15) is 5.10 Å². The van der Waals surface area contributed by atoms with Crippen molar-refractivity contribution in [2.75, 3.05) is 0 Å². The number of aromatic amines is 1. The molecule has 0 saturated heterocycles. The Balaban J connectivity index is 1.84. The quantitative estimate of drug-likeness (QED) is 0.608. The second kappa shape index (κ2) is 8.04. The summed E-state index contributed by atoms with van der Waals surface area (Å²) in [5.41, 5.74) is 8.24. The number of hydrogen-bond donors (Lipinski definition) is 2. The standard InChI is InChI=1S/C24H29F2N5O2/c1-13-20(16-11-17(32)18-15(29-16)7-10-28-19(18)22(27)33)31(30-21(13)23(2,3)4)12-14-5-8-24(25,26)9-6-14/h7,10-11,14H,5-6,8-9,12H2,1-4H3,(H2,27,33)(H,29,32). The summed E-state index contributed by atoms with van der Waals surface area (Å²) in [4.78, 5) is 32.0. The van der Waals surface area contributed by atoms with Gasteiger partial charge in [0, 0.05) is 42.6 Å². The van der Waals surface area contributed by atoms with Gasteiger partial charge in [0.2, 0.25) is 5.92 Å². The predicted molar refractivity (Wildman–Crippen MR) is 122 cm³/mol. The number of nitrogens with one attached hydrogen (secondary N) is 1. The van der Waals surface area contributed by atoms with E-state index in [-0.39, 0.29) is 40.7 Å². The lowest BCUT2D eigenvalue weighted by Crippen LogP contribution is -2.27. The summed E-state index contributed by atoms with van der Waals surface area (Å²) >= 11 is 0. The minimum Gasteiger partial charge on any atom is -0.364 e. The molecule has 3 aromatic heterocycles. The Labute approximate surface area is 190 Å². The van der Waals surface area contributed by atoms with E-state index in [1.54, 1.807) is 6.07 Å². The van der Waals surface area contributed by atoms with E-state index in [0.717, 1.165) is 17.0 Å². The number of halogens is 2. The number of amides is 1. The van der Waals surface area contributed by atoms with E-state index < -0.39 is 11.8 Å². The fraction of sp³-hybridized carbons (Fsp3) is 0.500. The zero-order valence-electron chi connectivity index (χ0n) is 19.3. The van der Waals surface area contributed by atoms with Crippen molar-refractivity contribution in [1.82, 2.24) is 19.7 Å². The number of fused-ring (bicyclic) bond motifs is 1. The van der Waals surface area contributed by atoms with Crippen molar-refractivity contribution < 1.29 is 13.6 Å². The van der Waals surface area contributed by atoms with Crippen LogP contribution in [0.15, 0.2) is 23.1 Å². The molecule has 1 saturated carbocycles. The van der Waals surface area contributed by atoms with Gasteiger partial charge in [-0.15, -0.1) is 0 Å². The molecular weight excluding hydrogens is 428 g/mol. The van der Waals surface area contributed by atoms with E-state index in [1.165, 1.54) is 12.3 Å². The summed E-state index contributed by atoms with van der Waals surface area (Å²) in [5, 5.41) is 5.01. The Hall–Kier alpha value is -3.10. The lowest BCUT2D eigenvalue weighted by atomic mass is 9.86. The highest BCUT2D eigenvalue weighted by molar-refractivity contribution is 6.03. The lowest BCUT2D eigenvalue weighted by Gasteiger charge is -2.28. The summed E-state index contributed by atoms with van der Waals surface area (Å²) in [7, 11) is 0. The first-order valence-corrected chi connectivity index (χ1v) is 11.2. The maximum Gasteiger partial charge on any atom is 0.268 e. The number of pyridine rings is 2. The van der Waals surface area contributed by atoms with Gasteiger partial charge in [0.25, 0.3) is 5.91 Å². The predicted octanol–water partition coefficient (Wildman–Crippen LogP) is 4.32. The van der Waals surface area contributed by atoms with Gasteiger partial charge in [0.15, 0.2) is 5.43 Å². The molecule has 0 atom stereocenters. The topological polar surface area (TPSA) is 107 Å². The summed E-state index contributed by atoms with van der Waals surface area (Å²) in [6.07, 6.45) is 2.05. The number of alkyl halides is 2. The van der Waals surface area contributed by atoms with E-state index in [2.05, 4.69) is 30.7 Å². The van der Waals surface area contributed by atoms with Crippen LogP contribution in [0.5, 0.6) is 0 Å². The largest absolute Gasteiger partial charge is 0.364 e. The molecule has 3 N–H and O–H groups in total. The van der Waals surface area contributed by atoms with Gasteiger partial charge in [0.05, 0.1) is 28.0 Å². The second-order valence-corrected chi connectivity index (χ2v) is 10.0. The van der Waals surface area contributed by atoms with Crippen LogP contribution in [0.25, 0.3) is 22.3 Å². The fourth-order valence-corrected chi connectivity index (χ4v) is 4.78. The summed E-state index contributed by atoms with van der Waals surface area (Å²) < 4.78 is 29.2. The average Bonchev–Trinajstić information content (AvgIpc) is 3.05. The van der Waals surface area contributed by atoms with Crippen molar-refractivity contribution in [3.63, 3.8) is 0 Å². The van der Waals surface area contributed by atoms with Crippen molar-refractivity contribution in [3.8, 4) is 11.4 Å². The number of carbonyl (C=O) groups excluding carboxylic acids is 1. The molecule has 3 heterocycles. The first-order valence-electron chi connectivity index (χ1n) is 11.2. The Morgan fingerprint density at radius 2 is 1.97 bits per heavy atom. The van der Waals surface area contributed by atoms with Gasteiger partial charge in [-0.25, -0.2) is 8.78 Å². The van der Waals surface area contributed by atoms with Crippen molar-refractivity contribution in [2.45, 2.75) is 71.3 Å². The number of nitrogens with zero attached hydrogens (tertiary/aromatic N) is 3. The van der Waals surface area contributed by atoms with Crippen LogP contribution in [0, 0.1) is 12.8 Å². The second-order valence-electron chi connectivity index (χ2n) is 10.0. The van der Waals surface area contributed by atoms with Crippen LogP contribution in [-0.4, -0.2) is 31.6 Å². The number of nitrogens with two attached hydrogens (primary N) is 1. The smallest absolute Gasteiger partial charge is 0.268 e. The molecule has 0 bridgehead atoms. The summed E-state index contributed by atoms with van der Waals surface area (Å²) in [5.74, 6) is -3.29. The van der Waals surface area contributed by atoms with E-state index in [1.807, 2.05) is 11.6 Å². The highest BCUT2D eigenvalue weighted by atomic mass is 19.3. The lowest BCUT2D eigenvalue weighted by molar-refractivity contribution is -0.0476. The molecular formula is C24H29F2N5O2. The molecule has 176 valence electrons. The molecule has 1 amide bonds. The first kappa shape index (κ1) is 23.1. The van der Waals surface area contributed by atoms with E-state index >= 15 is 0 Å². The molecule has 1 fully saturated rings. The molecule has 7 nitrogen and oxygen atoms in total. The van der Waals surface area contributed by atoms with E-state index in [0.29, 0.717) is 30.6 Å². The monoisotopic (exact) mass is 457 g/mol. The highest BCUT2D eigenvalue weighted by Crippen LogP contribution is 2.38. The first-order chi connectivity index (χ1) is 15.4. The van der Waals surface area contributed by atoms with E-state index in [4.69, 9.17) is 10.8 Å². The number of aromatic nitrogens is 4. The van der Waals surface area contributed by atoms with Gasteiger partial charge in [-0.1, -0.05) is 20.8 Å². The van der Waals surface area contributed by atoms with Gasteiger partial charge in [-0.05, 0) is 31.7 Å². The Bertz CT molecular complexity index is 1280. The minimum absolute atomic E-state index is 0.0772. The molecule has 9 heteroatoms. The number of primary amides is 1. The fourth-order valence-electron chi connectivity index (χ4n) is 4.78. The molecule has 0 unspecified atom stereocenters. The Morgan fingerprint density at radius 1 is 1.30 bits per heavy atom. The number of H-pyrrole nitrogens is 1. The molecule has 0 radical (unpaired) electrons. The van der Waals surface area contributed by atoms with Crippen LogP contribution in [-0.2, 0) is 12.0 Å². The van der Waals surface area contributed by atoms with Gasteiger partial charge in [0.1, 0.15) is 5.69 Å². The van der Waals surface area contributed by atoms with Crippen LogP contribution < -0.4 is 11.2 Å².